The molecule has 0 aromatic carbocycles. The number of ether oxygens (including phenoxy) is 1. The van der Waals surface area contributed by atoms with Crippen LogP contribution in [0.1, 0.15) is 33.1 Å². The highest BCUT2D eigenvalue weighted by atomic mass is 16.5. The van der Waals surface area contributed by atoms with E-state index >= 15 is 0 Å². The van der Waals surface area contributed by atoms with Crippen molar-refractivity contribution >= 4 is 12.0 Å². The van der Waals surface area contributed by atoms with E-state index < -0.39 is 5.97 Å². The number of aliphatic carboxylic acids is 1. The van der Waals surface area contributed by atoms with E-state index in [1.54, 1.807) is 0 Å². The fourth-order valence-electron chi connectivity index (χ4n) is 1.34. The molecule has 0 aromatic rings. The summed E-state index contributed by atoms with van der Waals surface area (Å²) in [6.45, 7) is 5.19. The first-order valence-corrected chi connectivity index (χ1v) is 6.33. The molecule has 0 aliphatic rings. The molecule has 6 nitrogen and oxygen atoms in total. The van der Waals surface area contributed by atoms with Gasteiger partial charge in [-0.05, 0) is 12.3 Å². The number of carbonyl (C=O) groups excluding carboxylic acids is 1. The van der Waals surface area contributed by atoms with Crippen LogP contribution in [-0.4, -0.2) is 43.4 Å². The Morgan fingerprint density at radius 1 is 1.17 bits per heavy atom. The zero-order valence-corrected chi connectivity index (χ0v) is 11.2. The van der Waals surface area contributed by atoms with E-state index in [2.05, 4.69) is 24.5 Å². The van der Waals surface area contributed by atoms with Crippen molar-refractivity contribution in [2.24, 2.45) is 5.92 Å². The minimum atomic E-state index is -1.01. The van der Waals surface area contributed by atoms with E-state index in [1.807, 2.05) is 0 Å². The maximum Gasteiger partial charge on any atom is 0.329 e. The molecule has 0 unspecified atom stereocenters. The standard InChI is InChI=1S/C12H24N2O4/c1-10(2)5-3-4-6-13-12(17)14-7-8-18-9-11(15)16/h10H,3-9H2,1-2H3,(H,15,16)(H2,13,14,17). The SMILES string of the molecule is CC(C)CCCCNC(=O)NCCOCC(=O)O. The third kappa shape index (κ3) is 12.8. The van der Waals surface area contributed by atoms with Crippen LogP contribution in [0.3, 0.4) is 0 Å². The van der Waals surface area contributed by atoms with Crippen LogP contribution in [0.25, 0.3) is 0 Å². The van der Waals surface area contributed by atoms with Crippen molar-refractivity contribution in [2.75, 3.05) is 26.3 Å². The second-order valence-electron chi connectivity index (χ2n) is 4.52. The highest BCUT2D eigenvalue weighted by Gasteiger charge is 2.00. The van der Waals surface area contributed by atoms with Crippen LogP contribution in [0.5, 0.6) is 0 Å². The number of nitrogens with one attached hydrogen (secondary N) is 2. The first-order chi connectivity index (χ1) is 8.52. The van der Waals surface area contributed by atoms with Crippen molar-refractivity contribution in [1.29, 1.82) is 0 Å². The third-order valence-electron chi connectivity index (χ3n) is 2.25. The predicted molar refractivity (Wildman–Crippen MR) is 68.5 cm³/mol. The van der Waals surface area contributed by atoms with Crippen LogP contribution < -0.4 is 10.6 Å². The van der Waals surface area contributed by atoms with Crippen molar-refractivity contribution in [2.45, 2.75) is 33.1 Å². The molecule has 0 heterocycles. The molecule has 0 fully saturated rings. The number of unbranched alkanes of at least 4 members (excludes halogenated alkanes) is 1. The number of carboxylic acid groups (broad SMARTS) is 1. The van der Waals surface area contributed by atoms with Crippen LogP contribution in [0.2, 0.25) is 0 Å². The van der Waals surface area contributed by atoms with Gasteiger partial charge in [-0.2, -0.15) is 0 Å². The van der Waals surface area contributed by atoms with Gasteiger partial charge in [-0.15, -0.1) is 0 Å². The maximum absolute atomic E-state index is 11.2. The first-order valence-electron chi connectivity index (χ1n) is 6.33. The molecule has 0 aromatic heterocycles. The van der Waals surface area contributed by atoms with Gasteiger partial charge in [-0.1, -0.05) is 26.7 Å². The molecule has 3 N–H and O–H groups in total. The van der Waals surface area contributed by atoms with Crippen LogP contribution in [-0.2, 0) is 9.53 Å². The molecule has 0 aliphatic heterocycles. The Hall–Kier alpha value is -1.30. The lowest BCUT2D eigenvalue weighted by molar-refractivity contribution is -0.142. The summed E-state index contributed by atoms with van der Waals surface area (Å²) in [5, 5.41) is 13.6. The normalized spacial score (nSPS) is 10.4. The molecule has 0 radical (unpaired) electrons. The van der Waals surface area contributed by atoms with Crippen molar-refractivity contribution in [3.8, 4) is 0 Å². The molecule has 0 atom stereocenters. The van der Waals surface area contributed by atoms with Crippen molar-refractivity contribution in [3.63, 3.8) is 0 Å². The monoisotopic (exact) mass is 260 g/mol. The largest absolute Gasteiger partial charge is 0.480 e. The van der Waals surface area contributed by atoms with Gasteiger partial charge in [-0.3, -0.25) is 0 Å². The third-order valence-corrected chi connectivity index (χ3v) is 2.25. The zero-order chi connectivity index (χ0) is 13.8. The van der Waals surface area contributed by atoms with Gasteiger partial charge in [0.05, 0.1) is 6.61 Å². The van der Waals surface area contributed by atoms with Gasteiger partial charge < -0.3 is 20.5 Å². The minimum Gasteiger partial charge on any atom is -0.480 e. The fourth-order valence-corrected chi connectivity index (χ4v) is 1.34. The molecule has 18 heavy (non-hydrogen) atoms. The van der Waals surface area contributed by atoms with E-state index in [1.165, 1.54) is 6.42 Å². The van der Waals surface area contributed by atoms with Crippen LogP contribution >= 0.6 is 0 Å². The number of hydrogen-bond donors (Lipinski definition) is 3. The topological polar surface area (TPSA) is 87.7 Å². The van der Waals surface area contributed by atoms with E-state index in [0.29, 0.717) is 19.0 Å². The molecule has 0 rings (SSSR count). The number of hydrogen-bond acceptors (Lipinski definition) is 3. The summed E-state index contributed by atoms with van der Waals surface area (Å²) in [5.74, 6) is -0.310. The quantitative estimate of drug-likeness (QED) is 0.515. The molecule has 0 saturated heterocycles. The molecule has 2 amide bonds. The average Bonchev–Trinajstić information content (AvgIpc) is 2.27. The van der Waals surface area contributed by atoms with Gasteiger partial charge in [-0.25, -0.2) is 9.59 Å². The maximum atomic E-state index is 11.2. The van der Waals surface area contributed by atoms with Crippen LogP contribution in [0, 0.1) is 5.92 Å². The summed E-state index contributed by atoms with van der Waals surface area (Å²) in [6.07, 6.45) is 3.26. The Bertz CT molecular complexity index is 244. The molecular weight excluding hydrogens is 236 g/mol. The van der Waals surface area contributed by atoms with Crippen LogP contribution in [0.15, 0.2) is 0 Å². The summed E-state index contributed by atoms with van der Waals surface area (Å²) in [6, 6.07) is -0.238. The van der Waals surface area contributed by atoms with Gasteiger partial charge in [0.2, 0.25) is 0 Å². The Morgan fingerprint density at radius 3 is 2.44 bits per heavy atom. The van der Waals surface area contributed by atoms with Crippen molar-refractivity contribution < 1.29 is 19.4 Å². The predicted octanol–water partition coefficient (Wildman–Crippen LogP) is 1.21. The summed E-state index contributed by atoms with van der Waals surface area (Å²) in [5.41, 5.74) is 0. The Kier molecular flexibility index (Phi) is 10.0. The smallest absolute Gasteiger partial charge is 0.329 e. The molecule has 0 spiro atoms. The molecule has 0 saturated carbocycles. The Labute approximate surface area is 108 Å². The Morgan fingerprint density at radius 2 is 1.83 bits per heavy atom. The molecule has 0 bridgehead atoms. The highest BCUT2D eigenvalue weighted by molar-refractivity contribution is 5.73. The lowest BCUT2D eigenvalue weighted by atomic mass is 10.1. The molecule has 6 heteroatoms. The molecule has 0 aliphatic carbocycles. The van der Waals surface area contributed by atoms with E-state index in [0.717, 1.165) is 12.8 Å². The summed E-state index contributed by atoms with van der Waals surface area (Å²) < 4.78 is 4.77. The van der Waals surface area contributed by atoms with Crippen molar-refractivity contribution in [1.82, 2.24) is 10.6 Å². The molecule has 106 valence electrons. The summed E-state index contributed by atoms with van der Waals surface area (Å²) in [7, 11) is 0. The second-order valence-corrected chi connectivity index (χ2v) is 4.52. The first kappa shape index (κ1) is 16.7. The highest BCUT2D eigenvalue weighted by Crippen LogP contribution is 2.04. The molecular formula is C12H24N2O4. The lowest BCUT2D eigenvalue weighted by Crippen LogP contribution is -2.37. The van der Waals surface area contributed by atoms with Crippen LogP contribution in [0.4, 0.5) is 4.79 Å². The van der Waals surface area contributed by atoms with Gasteiger partial charge in [0.1, 0.15) is 6.61 Å². The average molecular weight is 260 g/mol. The minimum absolute atomic E-state index is 0.201. The van der Waals surface area contributed by atoms with E-state index in [-0.39, 0.29) is 19.2 Å². The number of rotatable bonds is 10. The van der Waals surface area contributed by atoms with Gasteiger partial charge >= 0.3 is 12.0 Å². The number of carbonyl (C=O) groups is 2. The zero-order valence-electron chi connectivity index (χ0n) is 11.2. The van der Waals surface area contributed by atoms with Gasteiger partial charge in [0.25, 0.3) is 0 Å². The Balaban J connectivity index is 3.25. The van der Waals surface area contributed by atoms with Gasteiger partial charge in [0.15, 0.2) is 0 Å². The van der Waals surface area contributed by atoms with E-state index in [9.17, 15) is 9.59 Å². The lowest BCUT2D eigenvalue weighted by Gasteiger charge is -2.08. The summed E-state index contributed by atoms with van der Waals surface area (Å²) in [4.78, 5) is 21.4. The summed E-state index contributed by atoms with van der Waals surface area (Å²) >= 11 is 0. The number of amides is 2. The second kappa shape index (κ2) is 10.8. The van der Waals surface area contributed by atoms with E-state index in [4.69, 9.17) is 9.84 Å². The number of carboxylic acids is 1. The van der Waals surface area contributed by atoms with Crippen molar-refractivity contribution in [3.05, 3.63) is 0 Å². The fraction of sp³-hybridized carbons (Fsp3) is 0.833. The number of urea groups is 1. The van der Waals surface area contributed by atoms with Gasteiger partial charge in [0, 0.05) is 13.1 Å².